The van der Waals surface area contributed by atoms with Crippen LogP contribution in [0.2, 0.25) is 0 Å². The van der Waals surface area contributed by atoms with Crippen LogP contribution in [0.15, 0.2) is 71.9 Å². The van der Waals surface area contributed by atoms with Gasteiger partial charge in [0.25, 0.3) is 10.0 Å². The predicted octanol–water partition coefficient (Wildman–Crippen LogP) is 2.80. The van der Waals surface area contributed by atoms with Gasteiger partial charge in [-0.15, -0.1) is 0 Å². The highest BCUT2D eigenvalue weighted by Crippen LogP contribution is 2.21. The number of pyridine rings is 1. The van der Waals surface area contributed by atoms with E-state index in [4.69, 9.17) is 5.73 Å². The normalized spacial score (nSPS) is 11.0. The number of urea groups is 1. The van der Waals surface area contributed by atoms with Gasteiger partial charge in [-0.25, -0.2) is 17.6 Å². The predicted molar refractivity (Wildman–Crippen MR) is 112 cm³/mol. The third kappa shape index (κ3) is 5.52. The second kappa shape index (κ2) is 9.33. The number of hydrogen-bond acceptors (Lipinski definition) is 5. The fraction of sp³-hybridized carbons (Fsp3) is 0.100. The van der Waals surface area contributed by atoms with Crippen molar-refractivity contribution in [3.63, 3.8) is 0 Å². The maximum Gasteiger partial charge on any atom is 0.319 e. The number of benzene rings is 2. The van der Waals surface area contributed by atoms with Crippen molar-refractivity contribution in [2.45, 2.75) is 18.0 Å². The maximum atomic E-state index is 13.9. The molecule has 0 radical (unpaired) electrons. The zero-order valence-electron chi connectivity index (χ0n) is 15.8. The molecule has 10 heteroatoms. The second-order valence-corrected chi connectivity index (χ2v) is 8.00. The summed E-state index contributed by atoms with van der Waals surface area (Å²) in [7, 11) is -4.02. The van der Waals surface area contributed by atoms with Crippen molar-refractivity contribution in [1.29, 1.82) is 0 Å². The Morgan fingerprint density at radius 3 is 2.50 bits per heavy atom. The van der Waals surface area contributed by atoms with E-state index >= 15 is 0 Å². The molecule has 3 aromatic rings. The van der Waals surface area contributed by atoms with Gasteiger partial charge in [-0.05, 0) is 53.6 Å². The zero-order valence-corrected chi connectivity index (χ0v) is 16.6. The first kappa shape index (κ1) is 21.2. The van der Waals surface area contributed by atoms with Gasteiger partial charge in [0.05, 0.1) is 10.6 Å². The van der Waals surface area contributed by atoms with Crippen LogP contribution < -0.4 is 21.1 Å². The minimum Gasteiger partial charge on any atom is -0.334 e. The molecule has 0 aliphatic carbocycles. The summed E-state index contributed by atoms with van der Waals surface area (Å²) >= 11 is 0. The minimum atomic E-state index is -4.02. The first-order valence-corrected chi connectivity index (χ1v) is 10.4. The summed E-state index contributed by atoms with van der Waals surface area (Å²) < 4.78 is 41.2. The molecule has 3 rings (SSSR count). The van der Waals surface area contributed by atoms with Gasteiger partial charge in [-0.2, -0.15) is 0 Å². The number of aromatic nitrogens is 1. The summed E-state index contributed by atoms with van der Waals surface area (Å²) in [6.07, 6.45) is 3.27. The van der Waals surface area contributed by atoms with Crippen molar-refractivity contribution in [2.24, 2.45) is 5.73 Å². The quantitative estimate of drug-likeness (QED) is 0.459. The molecule has 0 fully saturated rings. The minimum absolute atomic E-state index is 0.0821. The smallest absolute Gasteiger partial charge is 0.319 e. The third-order valence-corrected chi connectivity index (χ3v) is 5.49. The van der Waals surface area contributed by atoms with E-state index in [0.717, 1.165) is 11.6 Å². The molecular weight excluding hydrogens is 409 g/mol. The number of sulfonamides is 1. The molecule has 8 nitrogen and oxygen atoms in total. The topological polar surface area (TPSA) is 126 Å². The highest BCUT2D eigenvalue weighted by molar-refractivity contribution is 7.92. The summed E-state index contributed by atoms with van der Waals surface area (Å²) in [4.78, 5) is 15.9. The Balaban J connectivity index is 1.63. The van der Waals surface area contributed by atoms with E-state index in [9.17, 15) is 17.6 Å². The van der Waals surface area contributed by atoms with Crippen LogP contribution in [-0.2, 0) is 23.1 Å². The van der Waals surface area contributed by atoms with Crippen LogP contribution in [0, 0.1) is 5.82 Å². The van der Waals surface area contributed by atoms with Crippen LogP contribution in [0.25, 0.3) is 0 Å². The summed E-state index contributed by atoms with van der Waals surface area (Å²) in [6, 6.07) is 12.6. The first-order chi connectivity index (χ1) is 14.4. The Bertz CT molecular complexity index is 1120. The fourth-order valence-corrected chi connectivity index (χ4v) is 3.62. The van der Waals surface area contributed by atoms with Gasteiger partial charge >= 0.3 is 6.03 Å². The summed E-state index contributed by atoms with van der Waals surface area (Å²) in [5.41, 5.74) is 7.15. The SMILES string of the molecule is NCc1ccc(F)c(NS(=O)(=O)c2ccc(NC(=O)NCc3cccnc3)cc2)c1. The number of nitrogens with zero attached hydrogens (tertiary/aromatic N) is 1. The number of halogens is 1. The number of carbonyl (C=O) groups excluding carboxylic acids is 1. The highest BCUT2D eigenvalue weighted by atomic mass is 32.2. The molecule has 0 unspecified atom stereocenters. The van der Waals surface area contributed by atoms with E-state index < -0.39 is 21.9 Å². The van der Waals surface area contributed by atoms with Gasteiger partial charge in [0.1, 0.15) is 5.82 Å². The maximum absolute atomic E-state index is 13.9. The molecule has 0 saturated carbocycles. The summed E-state index contributed by atoms with van der Waals surface area (Å²) in [6.45, 7) is 0.446. The Morgan fingerprint density at radius 1 is 1.07 bits per heavy atom. The zero-order chi connectivity index (χ0) is 21.6. The van der Waals surface area contributed by atoms with Gasteiger partial charge in [0.15, 0.2) is 0 Å². The Kier molecular flexibility index (Phi) is 6.60. The average molecular weight is 429 g/mol. The summed E-state index contributed by atoms with van der Waals surface area (Å²) in [5, 5.41) is 5.27. The molecule has 2 aromatic carbocycles. The fourth-order valence-electron chi connectivity index (χ4n) is 2.56. The van der Waals surface area contributed by atoms with Crippen LogP contribution >= 0.6 is 0 Å². The lowest BCUT2D eigenvalue weighted by Crippen LogP contribution is -2.28. The van der Waals surface area contributed by atoms with Crippen molar-refractivity contribution in [3.8, 4) is 0 Å². The number of hydrogen-bond donors (Lipinski definition) is 4. The molecular formula is C20H20FN5O3S. The molecule has 1 aromatic heterocycles. The third-order valence-electron chi connectivity index (χ3n) is 4.11. The molecule has 0 bridgehead atoms. The van der Waals surface area contributed by atoms with E-state index in [1.807, 2.05) is 6.07 Å². The van der Waals surface area contributed by atoms with Crippen molar-refractivity contribution < 1.29 is 17.6 Å². The van der Waals surface area contributed by atoms with Crippen molar-refractivity contribution in [1.82, 2.24) is 10.3 Å². The molecule has 0 saturated heterocycles. The van der Waals surface area contributed by atoms with Gasteiger partial charge in [-0.1, -0.05) is 12.1 Å². The van der Waals surface area contributed by atoms with Gasteiger partial charge in [0.2, 0.25) is 0 Å². The van der Waals surface area contributed by atoms with Crippen molar-refractivity contribution in [2.75, 3.05) is 10.0 Å². The number of carbonyl (C=O) groups is 1. The van der Waals surface area contributed by atoms with Crippen LogP contribution in [-0.4, -0.2) is 19.4 Å². The molecule has 0 aliphatic heterocycles. The van der Waals surface area contributed by atoms with E-state index in [1.54, 1.807) is 18.5 Å². The first-order valence-electron chi connectivity index (χ1n) is 8.92. The number of rotatable bonds is 7. The summed E-state index contributed by atoms with van der Waals surface area (Å²) in [5.74, 6) is -0.709. The molecule has 1 heterocycles. The van der Waals surface area contributed by atoms with E-state index in [1.165, 1.54) is 36.4 Å². The number of amides is 2. The van der Waals surface area contributed by atoms with E-state index in [2.05, 4.69) is 20.3 Å². The van der Waals surface area contributed by atoms with E-state index in [0.29, 0.717) is 17.8 Å². The second-order valence-electron chi connectivity index (χ2n) is 6.32. The molecule has 0 atom stereocenters. The monoisotopic (exact) mass is 429 g/mol. The average Bonchev–Trinajstić information content (AvgIpc) is 2.75. The Morgan fingerprint density at radius 2 is 1.83 bits per heavy atom. The lowest BCUT2D eigenvalue weighted by molar-refractivity contribution is 0.251. The lowest BCUT2D eigenvalue weighted by atomic mass is 10.2. The van der Waals surface area contributed by atoms with Gasteiger partial charge in [0, 0.05) is 31.2 Å². The molecule has 156 valence electrons. The Labute approximate surface area is 173 Å². The van der Waals surface area contributed by atoms with Gasteiger partial charge in [-0.3, -0.25) is 9.71 Å². The number of nitrogens with one attached hydrogen (secondary N) is 3. The largest absolute Gasteiger partial charge is 0.334 e. The van der Waals surface area contributed by atoms with Gasteiger partial charge < -0.3 is 16.4 Å². The van der Waals surface area contributed by atoms with Crippen molar-refractivity contribution in [3.05, 3.63) is 83.9 Å². The molecule has 0 spiro atoms. The lowest BCUT2D eigenvalue weighted by Gasteiger charge is -2.11. The molecule has 5 N–H and O–H groups in total. The molecule has 2 amide bonds. The molecule has 0 aliphatic rings. The van der Waals surface area contributed by atoms with E-state index in [-0.39, 0.29) is 17.1 Å². The van der Waals surface area contributed by atoms with Crippen LogP contribution in [0.4, 0.5) is 20.6 Å². The van der Waals surface area contributed by atoms with Crippen LogP contribution in [0.1, 0.15) is 11.1 Å². The van der Waals surface area contributed by atoms with Crippen molar-refractivity contribution >= 4 is 27.4 Å². The standard InChI is InChI=1S/C20H20FN5O3S/c21-18-8-3-14(11-22)10-19(18)26-30(28,29)17-6-4-16(5-7-17)25-20(27)24-13-15-2-1-9-23-12-15/h1-10,12,26H,11,13,22H2,(H2,24,25,27). The van der Waals surface area contributed by atoms with Crippen LogP contribution in [0.3, 0.4) is 0 Å². The molecule has 30 heavy (non-hydrogen) atoms. The Hall–Kier alpha value is -3.50. The highest BCUT2D eigenvalue weighted by Gasteiger charge is 2.17. The van der Waals surface area contributed by atoms with Crippen LogP contribution in [0.5, 0.6) is 0 Å². The number of nitrogens with two attached hydrogens (primary N) is 1. The number of anilines is 2.